The van der Waals surface area contributed by atoms with Crippen molar-refractivity contribution in [2.24, 2.45) is 0 Å². The fourth-order valence-electron chi connectivity index (χ4n) is 7.10. The van der Waals surface area contributed by atoms with Crippen molar-refractivity contribution >= 4 is 71.8 Å². The molecule has 54 heavy (non-hydrogen) atoms. The first kappa shape index (κ1) is 56.7. The standard InChI is InChI=1S/C9H19N.C4H5N3S.C4H4N3S.6C4H9.CH4.ClH.2Sn/c1-8(2)6-5-7-9(3,4)10-8;2*1-8-4-5-2-3-6-7-4;6*1-3-4-2;;;;/h10H,5-7H2,1-4H3;2-3H,1H3;2H,1H3;6*1,3-4H2,2H3;1H4;1H;;/q;;;;;;;;;;;;+1/p-1. The zero-order valence-corrected chi connectivity index (χ0v) is 44.6. The summed E-state index contributed by atoms with van der Waals surface area (Å²) in [6, 6.07) is 0. The van der Waals surface area contributed by atoms with Gasteiger partial charge >= 0.3 is 238 Å². The summed E-state index contributed by atoms with van der Waals surface area (Å²) in [5, 5.41) is 21.5. The quantitative estimate of drug-likeness (QED) is 0.0970. The molecule has 0 aromatic carbocycles. The van der Waals surface area contributed by atoms with Crippen molar-refractivity contribution in [2.45, 2.75) is 221 Å². The van der Waals surface area contributed by atoms with Crippen LogP contribution in [0.5, 0.6) is 0 Å². The molecule has 2 aromatic rings. The zero-order chi connectivity index (χ0) is 40.1. The summed E-state index contributed by atoms with van der Waals surface area (Å²) in [6.07, 6.45) is 29.2. The number of nitrogens with one attached hydrogen (secondary N) is 1. The molecule has 0 atom stereocenters. The van der Waals surface area contributed by atoms with E-state index in [0.717, 1.165) is 5.16 Å². The van der Waals surface area contributed by atoms with Gasteiger partial charge in [0.15, 0.2) is 0 Å². The molecule has 12 heteroatoms. The van der Waals surface area contributed by atoms with Crippen LogP contribution in [0.3, 0.4) is 0 Å². The van der Waals surface area contributed by atoms with Crippen molar-refractivity contribution in [1.29, 1.82) is 0 Å². The molecule has 1 fully saturated rings. The summed E-state index contributed by atoms with van der Waals surface area (Å²) in [5.41, 5.74) is 0.726. The fourth-order valence-corrected chi connectivity index (χ4v) is 35.8. The number of hydrogen-bond acceptors (Lipinski definition) is 9. The largest absolute Gasteiger partial charge is 0.228 e. The Bertz CT molecular complexity index is 1070. The van der Waals surface area contributed by atoms with Gasteiger partial charge < -0.3 is 5.32 Å². The molecule has 1 aliphatic rings. The van der Waals surface area contributed by atoms with E-state index < -0.39 is 35.6 Å². The van der Waals surface area contributed by atoms with E-state index in [1.54, 1.807) is 24.2 Å². The number of nitrogens with zero attached hydrogens (tertiary/aromatic N) is 6. The first-order chi connectivity index (χ1) is 25.2. The maximum atomic E-state index is 6.89. The van der Waals surface area contributed by atoms with Crippen LogP contribution in [0.1, 0.15) is 173 Å². The van der Waals surface area contributed by atoms with Gasteiger partial charge in [0, 0.05) is 11.1 Å². The monoisotopic (exact) mass is 1030 g/mol. The minimum atomic E-state index is -2.39. The molecule has 1 N–H and O–H groups in total. The first-order valence-electron chi connectivity index (χ1n) is 21.1. The molecule has 0 saturated carbocycles. The van der Waals surface area contributed by atoms with Crippen molar-refractivity contribution in [3.63, 3.8) is 0 Å². The molecule has 0 spiro atoms. The number of halogens is 1. The molecule has 1 saturated heterocycles. The second kappa shape index (κ2) is 33.4. The molecular weight excluding hydrogens is 940 g/mol. The van der Waals surface area contributed by atoms with Gasteiger partial charge in [0.2, 0.25) is 5.16 Å². The number of piperidine rings is 1. The summed E-state index contributed by atoms with van der Waals surface area (Å²) in [4.78, 5) is 8.42. The molecule has 3 rings (SSSR count). The molecular formula is C42H86ClN7S2Sn2. The van der Waals surface area contributed by atoms with Crippen LogP contribution in [-0.2, 0) is 0 Å². The number of aromatic nitrogens is 6. The summed E-state index contributed by atoms with van der Waals surface area (Å²) in [5.74, 6) is 0. The molecule has 2 aromatic heterocycles. The maximum absolute atomic E-state index is 6.89. The third-order valence-corrected chi connectivity index (χ3v) is 40.7. The SMILES string of the molecule is C.CC1(C)CCCC(C)(C)N1.CCC[CH2][Sn]([CH2]CCC)([CH2]CCC)[c]1cnc(SC)nn1.CCC[CH2][Sn]([Cl])([CH2]CCC)[CH2]CCC.CSc1nccnn1. The van der Waals surface area contributed by atoms with Crippen LogP contribution in [0.25, 0.3) is 0 Å². The molecule has 0 aliphatic carbocycles. The molecule has 0 amide bonds. The zero-order valence-electron chi connectivity index (χ0n) is 36.5. The van der Waals surface area contributed by atoms with Crippen LogP contribution < -0.4 is 9.03 Å². The Labute approximate surface area is 356 Å². The minimum absolute atomic E-state index is 0. The van der Waals surface area contributed by atoms with Crippen molar-refractivity contribution in [3.05, 3.63) is 18.6 Å². The van der Waals surface area contributed by atoms with Gasteiger partial charge in [-0.2, -0.15) is 5.10 Å². The third kappa shape index (κ3) is 26.5. The first-order valence-corrected chi connectivity index (χ1v) is 40.7. The Hall–Kier alpha value is 0.567. The van der Waals surface area contributed by atoms with Crippen LogP contribution in [0, 0.1) is 0 Å². The van der Waals surface area contributed by atoms with E-state index in [1.807, 2.05) is 12.5 Å². The van der Waals surface area contributed by atoms with Crippen LogP contribution in [0.4, 0.5) is 0 Å². The summed E-state index contributed by atoms with van der Waals surface area (Å²) >= 11 is -1.42. The normalized spacial score (nSPS) is 14.6. The van der Waals surface area contributed by atoms with Gasteiger partial charge in [-0.15, -0.1) is 5.10 Å². The molecule has 0 bridgehead atoms. The van der Waals surface area contributed by atoms with Gasteiger partial charge in [0.1, 0.15) is 0 Å². The molecule has 7 nitrogen and oxygen atoms in total. The van der Waals surface area contributed by atoms with E-state index in [2.05, 4.69) is 111 Å². The topological polar surface area (TPSA) is 89.4 Å². The van der Waals surface area contributed by atoms with Crippen molar-refractivity contribution in [3.8, 4) is 0 Å². The minimum Gasteiger partial charge on any atom is -0.228 e. The average Bonchev–Trinajstić information content (AvgIpc) is 3.15. The van der Waals surface area contributed by atoms with Gasteiger partial charge in [-0.05, 0) is 53.2 Å². The molecule has 0 unspecified atom stereocenters. The van der Waals surface area contributed by atoms with Gasteiger partial charge in [0.05, 0.1) is 12.4 Å². The van der Waals surface area contributed by atoms with E-state index in [-0.39, 0.29) is 7.43 Å². The number of unbranched alkanes of at least 4 members (excludes halogenated alkanes) is 6. The van der Waals surface area contributed by atoms with Crippen molar-refractivity contribution in [1.82, 2.24) is 35.7 Å². The molecule has 1 aliphatic heterocycles. The summed E-state index contributed by atoms with van der Waals surface area (Å²) in [6.45, 7) is 22.9. The second-order valence-electron chi connectivity index (χ2n) is 16.3. The van der Waals surface area contributed by atoms with E-state index in [4.69, 9.17) is 8.92 Å². The summed E-state index contributed by atoms with van der Waals surface area (Å²) < 4.78 is 9.89. The Morgan fingerprint density at radius 3 is 1.30 bits per heavy atom. The molecule has 316 valence electrons. The van der Waals surface area contributed by atoms with E-state index in [9.17, 15) is 0 Å². The van der Waals surface area contributed by atoms with E-state index in [0.29, 0.717) is 16.2 Å². The Balaban J connectivity index is 0. The van der Waals surface area contributed by atoms with Crippen LogP contribution >= 0.6 is 32.4 Å². The van der Waals surface area contributed by atoms with Gasteiger partial charge in [0.25, 0.3) is 0 Å². The summed E-state index contributed by atoms with van der Waals surface area (Å²) in [7, 11) is 6.89. The number of thioether (sulfide) groups is 2. The van der Waals surface area contributed by atoms with Crippen LogP contribution in [0.2, 0.25) is 26.6 Å². The van der Waals surface area contributed by atoms with E-state index >= 15 is 0 Å². The Morgan fingerprint density at radius 1 is 0.611 bits per heavy atom. The van der Waals surface area contributed by atoms with Crippen molar-refractivity contribution < 1.29 is 0 Å². The molecule has 0 radical (unpaired) electrons. The molecule has 3 heterocycles. The fraction of sp³-hybridized carbons (Fsp3) is 0.857. The average molecular weight is 1030 g/mol. The van der Waals surface area contributed by atoms with Gasteiger partial charge in [-0.25, -0.2) is 4.98 Å². The predicted octanol–water partition coefficient (Wildman–Crippen LogP) is 13.8. The van der Waals surface area contributed by atoms with Gasteiger partial charge in [-0.1, -0.05) is 19.2 Å². The van der Waals surface area contributed by atoms with Crippen LogP contribution in [-0.4, -0.2) is 89.6 Å². The maximum Gasteiger partial charge on any atom is 0.208 e. The Kier molecular flexibility index (Phi) is 35.1. The predicted molar refractivity (Wildman–Crippen MR) is 250 cm³/mol. The number of hydrogen-bond donors (Lipinski definition) is 1. The number of rotatable bonds is 21. The van der Waals surface area contributed by atoms with E-state index in [1.165, 1.54) is 138 Å². The van der Waals surface area contributed by atoms with Crippen molar-refractivity contribution in [2.75, 3.05) is 12.5 Å². The second-order valence-corrected chi connectivity index (χ2v) is 47.1. The van der Waals surface area contributed by atoms with Crippen LogP contribution in [0.15, 0.2) is 28.9 Å². The smallest absolute Gasteiger partial charge is 0.208 e. The Morgan fingerprint density at radius 2 is 1.02 bits per heavy atom. The van der Waals surface area contributed by atoms with Gasteiger partial charge in [-0.3, -0.25) is 0 Å². The third-order valence-electron chi connectivity index (χ3n) is 10.2.